The molecule has 0 radical (unpaired) electrons. The second kappa shape index (κ2) is 5.14. The molecule has 4 nitrogen and oxygen atoms in total. The summed E-state index contributed by atoms with van der Waals surface area (Å²) in [6, 6.07) is 8.21. The molecule has 0 aliphatic carbocycles. The largest absolute Gasteiger partial charge is 0.383 e. The van der Waals surface area contributed by atoms with E-state index in [0.29, 0.717) is 22.7 Å². The van der Waals surface area contributed by atoms with Crippen LogP contribution in [0.4, 0.5) is 11.6 Å². The van der Waals surface area contributed by atoms with Gasteiger partial charge in [-0.05, 0) is 34.0 Å². The molecular weight excluding hydrogens is 280 g/mol. The maximum absolute atomic E-state index is 5.68. The first-order chi connectivity index (χ1) is 8.18. The molecule has 0 fully saturated rings. The molecule has 17 heavy (non-hydrogen) atoms. The Labute approximate surface area is 108 Å². The number of nitrogens with zero attached hydrogens (tertiary/aromatic N) is 2. The van der Waals surface area contributed by atoms with Crippen molar-refractivity contribution in [2.45, 2.75) is 13.5 Å². The number of anilines is 2. The maximum Gasteiger partial charge on any atom is 0.146 e. The lowest BCUT2D eigenvalue weighted by Gasteiger charge is -2.10. The number of nitrogens with two attached hydrogens (primary N) is 1. The van der Waals surface area contributed by atoms with Gasteiger partial charge in [0.05, 0.1) is 0 Å². The molecule has 1 heterocycles. The Morgan fingerprint density at radius 2 is 2.06 bits per heavy atom. The molecule has 0 aliphatic rings. The summed E-state index contributed by atoms with van der Waals surface area (Å²) in [6.45, 7) is 2.79. The SMILES string of the molecule is Cc1ccccc1CNc1ncnc(N)c1Br. The zero-order valence-corrected chi connectivity index (χ0v) is 11.0. The summed E-state index contributed by atoms with van der Waals surface area (Å²) >= 11 is 3.36. The average Bonchev–Trinajstić information content (AvgIpc) is 2.33. The Bertz CT molecular complexity index is 528. The Kier molecular flexibility index (Phi) is 3.58. The van der Waals surface area contributed by atoms with Crippen LogP contribution in [0.3, 0.4) is 0 Å². The number of nitrogen functional groups attached to an aromatic ring is 1. The van der Waals surface area contributed by atoms with Gasteiger partial charge in [-0.15, -0.1) is 0 Å². The lowest BCUT2D eigenvalue weighted by atomic mass is 10.1. The van der Waals surface area contributed by atoms with Crippen molar-refractivity contribution in [1.29, 1.82) is 0 Å². The molecule has 2 aromatic rings. The van der Waals surface area contributed by atoms with Gasteiger partial charge in [-0.25, -0.2) is 9.97 Å². The normalized spacial score (nSPS) is 10.2. The highest BCUT2D eigenvalue weighted by atomic mass is 79.9. The Hall–Kier alpha value is -1.62. The number of hydrogen-bond acceptors (Lipinski definition) is 4. The first kappa shape index (κ1) is 11.9. The lowest BCUT2D eigenvalue weighted by Crippen LogP contribution is -2.05. The van der Waals surface area contributed by atoms with Crippen LogP contribution in [-0.2, 0) is 6.54 Å². The highest BCUT2D eigenvalue weighted by Gasteiger charge is 2.05. The minimum atomic E-state index is 0.437. The fraction of sp³-hybridized carbons (Fsp3) is 0.167. The van der Waals surface area contributed by atoms with Crippen molar-refractivity contribution in [3.63, 3.8) is 0 Å². The van der Waals surface area contributed by atoms with Crippen molar-refractivity contribution >= 4 is 27.6 Å². The summed E-state index contributed by atoms with van der Waals surface area (Å²) in [5, 5.41) is 3.23. The first-order valence-electron chi connectivity index (χ1n) is 5.23. The van der Waals surface area contributed by atoms with Gasteiger partial charge in [-0.3, -0.25) is 0 Å². The van der Waals surface area contributed by atoms with Gasteiger partial charge in [-0.1, -0.05) is 24.3 Å². The standard InChI is InChI=1S/C12H13BrN4/c1-8-4-2-3-5-9(8)6-15-12-10(13)11(14)16-7-17-12/h2-5,7H,6H2,1H3,(H3,14,15,16,17). The van der Waals surface area contributed by atoms with Gasteiger partial charge in [0.1, 0.15) is 22.4 Å². The van der Waals surface area contributed by atoms with E-state index in [1.54, 1.807) is 0 Å². The third-order valence-corrected chi connectivity index (χ3v) is 3.31. The Morgan fingerprint density at radius 3 is 2.82 bits per heavy atom. The molecule has 0 saturated carbocycles. The van der Waals surface area contributed by atoms with Crippen molar-refractivity contribution in [3.8, 4) is 0 Å². The van der Waals surface area contributed by atoms with Gasteiger partial charge in [0.25, 0.3) is 0 Å². The van der Waals surface area contributed by atoms with Crippen molar-refractivity contribution in [1.82, 2.24) is 9.97 Å². The number of rotatable bonds is 3. The van der Waals surface area contributed by atoms with Crippen molar-refractivity contribution in [2.24, 2.45) is 0 Å². The van der Waals surface area contributed by atoms with E-state index in [1.165, 1.54) is 17.5 Å². The van der Waals surface area contributed by atoms with Crippen LogP contribution in [0.5, 0.6) is 0 Å². The Balaban J connectivity index is 2.13. The molecule has 0 saturated heterocycles. The zero-order valence-electron chi connectivity index (χ0n) is 9.44. The van der Waals surface area contributed by atoms with Gasteiger partial charge in [0.15, 0.2) is 0 Å². The summed E-state index contributed by atoms with van der Waals surface area (Å²) < 4.78 is 0.702. The second-order valence-corrected chi connectivity index (χ2v) is 4.49. The summed E-state index contributed by atoms with van der Waals surface area (Å²) in [6.07, 6.45) is 1.44. The number of hydrogen-bond donors (Lipinski definition) is 2. The van der Waals surface area contributed by atoms with Crippen LogP contribution in [0.25, 0.3) is 0 Å². The van der Waals surface area contributed by atoms with Crippen LogP contribution in [0.1, 0.15) is 11.1 Å². The third-order valence-electron chi connectivity index (χ3n) is 2.52. The van der Waals surface area contributed by atoms with Gasteiger partial charge < -0.3 is 11.1 Å². The van der Waals surface area contributed by atoms with Crippen LogP contribution < -0.4 is 11.1 Å². The second-order valence-electron chi connectivity index (χ2n) is 3.70. The third kappa shape index (κ3) is 2.74. The molecule has 0 bridgehead atoms. The molecule has 0 amide bonds. The predicted octanol–water partition coefficient (Wildman–Crippen LogP) is 2.74. The monoisotopic (exact) mass is 292 g/mol. The quantitative estimate of drug-likeness (QED) is 0.913. The molecule has 0 spiro atoms. The molecule has 0 unspecified atom stereocenters. The molecule has 0 atom stereocenters. The molecule has 3 N–H and O–H groups in total. The highest BCUT2D eigenvalue weighted by molar-refractivity contribution is 9.10. The van der Waals surface area contributed by atoms with Crippen molar-refractivity contribution < 1.29 is 0 Å². The first-order valence-corrected chi connectivity index (χ1v) is 6.02. The minimum absolute atomic E-state index is 0.437. The van der Waals surface area contributed by atoms with Crippen LogP contribution in [0, 0.1) is 6.92 Å². The molecule has 2 rings (SSSR count). The van der Waals surface area contributed by atoms with Gasteiger partial charge in [-0.2, -0.15) is 0 Å². The van der Waals surface area contributed by atoms with E-state index >= 15 is 0 Å². The maximum atomic E-state index is 5.68. The fourth-order valence-electron chi connectivity index (χ4n) is 1.49. The molecular formula is C12H13BrN4. The van der Waals surface area contributed by atoms with Gasteiger partial charge in [0, 0.05) is 6.54 Å². The van der Waals surface area contributed by atoms with E-state index in [1.807, 2.05) is 12.1 Å². The van der Waals surface area contributed by atoms with Crippen LogP contribution in [0.15, 0.2) is 35.1 Å². The smallest absolute Gasteiger partial charge is 0.146 e. The molecule has 0 aliphatic heterocycles. The van der Waals surface area contributed by atoms with Gasteiger partial charge in [0.2, 0.25) is 0 Å². The van der Waals surface area contributed by atoms with Crippen molar-refractivity contribution in [3.05, 3.63) is 46.2 Å². The zero-order chi connectivity index (χ0) is 12.3. The number of nitrogens with one attached hydrogen (secondary N) is 1. The molecule has 1 aromatic heterocycles. The average molecular weight is 293 g/mol. The molecule has 88 valence electrons. The Morgan fingerprint density at radius 1 is 1.29 bits per heavy atom. The summed E-state index contributed by atoms with van der Waals surface area (Å²) in [5.41, 5.74) is 8.16. The van der Waals surface area contributed by atoms with Crippen molar-refractivity contribution in [2.75, 3.05) is 11.1 Å². The van der Waals surface area contributed by atoms with E-state index in [4.69, 9.17) is 5.73 Å². The van der Waals surface area contributed by atoms with E-state index < -0.39 is 0 Å². The van der Waals surface area contributed by atoms with Crippen LogP contribution in [0.2, 0.25) is 0 Å². The van der Waals surface area contributed by atoms with Crippen LogP contribution in [-0.4, -0.2) is 9.97 Å². The van der Waals surface area contributed by atoms with Crippen LogP contribution >= 0.6 is 15.9 Å². The summed E-state index contributed by atoms with van der Waals surface area (Å²) in [4.78, 5) is 8.03. The number of aromatic nitrogens is 2. The summed E-state index contributed by atoms with van der Waals surface area (Å²) in [7, 11) is 0. The van der Waals surface area contributed by atoms with Gasteiger partial charge >= 0.3 is 0 Å². The minimum Gasteiger partial charge on any atom is -0.383 e. The number of halogens is 1. The number of aryl methyl sites for hydroxylation is 1. The fourth-order valence-corrected chi connectivity index (χ4v) is 1.84. The number of benzene rings is 1. The van der Waals surface area contributed by atoms with E-state index in [9.17, 15) is 0 Å². The molecule has 1 aromatic carbocycles. The van der Waals surface area contributed by atoms with E-state index in [-0.39, 0.29) is 0 Å². The lowest BCUT2D eigenvalue weighted by molar-refractivity contribution is 1.06. The molecule has 5 heteroatoms. The van der Waals surface area contributed by atoms with E-state index in [2.05, 4.69) is 50.3 Å². The highest BCUT2D eigenvalue weighted by Crippen LogP contribution is 2.24. The summed E-state index contributed by atoms with van der Waals surface area (Å²) in [5.74, 6) is 1.15. The van der Waals surface area contributed by atoms with E-state index in [0.717, 1.165) is 0 Å². The predicted molar refractivity (Wildman–Crippen MR) is 72.7 cm³/mol. The topological polar surface area (TPSA) is 63.8 Å².